The number of hydrogen-bond acceptors (Lipinski definition) is 4. The molecule has 0 spiro atoms. The number of anilines is 1. The molecule has 5 nitrogen and oxygen atoms in total. The highest BCUT2D eigenvalue weighted by atomic mass is 19.1. The first kappa shape index (κ1) is 17.7. The van der Waals surface area contributed by atoms with Crippen LogP contribution in [0.5, 0.6) is 5.75 Å². The zero-order valence-corrected chi connectivity index (χ0v) is 13.6. The number of methoxy groups -OCH3 is 1. The molecule has 0 bridgehead atoms. The Hall–Kier alpha value is -1.66. The molecule has 1 aliphatic rings. The lowest BCUT2D eigenvalue weighted by Crippen LogP contribution is -2.28. The highest BCUT2D eigenvalue weighted by molar-refractivity contribution is 5.92. The van der Waals surface area contributed by atoms with Crippen molar-refractivity contribution in [1.29, 1.82) is 0 Å². The van der Waals surface area contributed by atoms with Crippen molar-refractivity contribution < 1.29 is 18.7 Å². The van der Waals surface area contributed by atoms with Gasteiger partial charge in [0.1, 0.15) is 18.2 Å². The molecule has 0 saturated carbocycles. The monoisotopic (exact) mass is 324 g/mol. The second-order valence-corrected chi connectivity index (χ2v) is 5.76. The van der Waals surface area contributed by atoms with Crippen LogP contribution in [-0.4, -0.2) is 39.3 Å². The van der Waals surface area contributed by atoms with Crippen molar-refractivity contribution >= 4 is 11.6 Å². The number of carbonyl (C=O) groups is 1. The zero-order chi connectivity index (χ0) is 16.5. The third-order valence-corrected chi connectivity index (χ3v) is 4.00. The molecule has 2 rings (SSSR count). The fourth-order valence-electron chi connectivity index (χ4n) is 2.68. The van der Waals surface area contributed by atoms with Crippen LogP contribution in [0.4, 0.5) is 10.1 Å². The van der Waals surface area contributed by atoms with Crippen molar-refractivity contribution in [1.82, 2.24) is 5.32 Å². The number of hydrogen-bond donors (Lipinski definition) is 2. The smallest absolute Gasteiger partial charge is 0.224 e. The Balaban J connectivity index is 1.86. The molecule has 0 unspecified atom stereocenters. The first-order valence-electron chi connectivity index (χ1n) is 8.11. The molecule has 23 heavy (non-hydrogen) atoms. The standard InChI is InChI=1S/C17H25FN2O3/c1-22-10-11-23-16-4-3-14(18)12-15(16)20-17(21)5-2-13-6-8-19-9-7-13/h3-4,12-13,19H,2,5-11H2,1H3,(H,20,21). The number of halogens is 1. The van der Waals surface area contributed by atoms with Crippen molar-refractivity contribution in [3.05, 3.63) is 24.0 Å². The summed E-state index contributed by atoms with van der Waals surface area (Å²) in [6, 6.07) is 4.12. The third-order valence-electron chi connectivity index (χ3n) is 4.00. The number of rotatable bonds is 8. The Bertz CT molecular complexity index is 505. The summed E-state index contributed by atoms with van der Waals surface area (Å²) in [4.78, 5) is 12.1. The molecule has 2 N–H and O–H groups in total. The summed E-state index contributed by atoms with van der Waals surface area (Å²) in [5.41, 5.74) is 0.372. The van der Waals surface area contributed by atoms with E-state index in [9.17, 15) is 9.18 Å². The molecule has 1 aromatic rings. The van der Waals surface area contributed by atoms with E-state index in [4.69, 9.17) is 9.47 Å². The Morgan fingerprint density at radius 3 is 2.87 bits per heavy atom. The normalized spacial score (nSPS) is 15.4. The fraction of sp³-hybridized carbons (Fsp3) is 0.588. The Morgan fingerprint density at radius 2 is 2.13 bits per heavy atom. The summed E-state index contributed by atoms with van der Waals surface area (Å²) < 4.78 is 23.9. The molecule has 1 saturated heterocycles. The molecule has 0 radical (unpaired) electrons. The van der Waals surface area contributed by atoms with Crippen LogP contribution >= 0.6 is 0 Å². The summed E-state index contributed by atoms with van der Waals surface area (Å²) in [7, 11) is 1.58. The van der Waals surface area contributed by atoms with E-state index < -0.39 is 5.82 Å². The van der Waals surface area contributed by atoms with Gasteiger partial charge in [0.25, 0.3) is 0 Å². The first-order valence-corrected chi connectivity index (χ1v) is 8.11. The number of carbonyl (C=O) groups excluding carboxylic acids is 1. The molecular formula is C17H25FN2O3. The molecule has 1 fully saturated rings. The van der Waals surface area contributed by atoms with Crippen LogP contribution in [0.15, 0.2) is 18.2 Å². The van der Waals surface area contributed by atoms with Crippen LogP contribution in [0.25, 0.3) is 0 Å². The summed E-state index contributed by atoms with van der Waals surface area (Å²) in [5.74, 6) is 0.536. The predicted octanol–water partition coefficient (Wildman–Crippen LogP) is 2.57. The molecule has 1 aliphatic heterocycles. The number of ether oxygens (including phenoxy) is 2. The van der Waals surface area contributed by atoms with Gasteiger partial charge in [0.05, 0.1) is 12.3 Å². The molecule has 0 aliphatic carbocycles. The van der Waals surface area contributed by atoms with Gasteiger partial charge in [-0.15, -0.1) is 0 Å². The lowest BCUT2D eigenvalue weighted by molar-refractivity contribution is -0.116. The van der Waals surface area contributed by atoms with Gasteiger partial charge >= 0.3 is 0 Å². The topological polar surface area (TPSA) is 59.6 Å². The number of amides is 1. The van der Waals surface area contributed by atoms with Crippen LogP contribution in [-0.2, 0) is 9.53 Å². The fourth-order valence-corrected chi connectivity index (χ4v) is 2.68. The van der Waals surface area contributed by atoms with Gasteiger partial charge in [-0.3, -0.25) is 4.79 Å². The lowest BCUT2D eigenvalue weighted by Gasteiger charge is -2.22. The number of nitrogens with one attached hydrogen (secondary N) is 2. The lowest BCUT2D eigenvalue weighted by atomic mass is 9.93. The van der Waals surface area contributed by atoms with E-state index in [0.29, 0.717) is 37.0 Å². The van der Waals surface area contributed by atoms with Crippen LogP contribution in [0.2, 0.25) is 0 Å². The highest BCUT2D eigenvalue weighted by Crippen LogP contribution is 2.26. The summed E-state index contributed by atoms with van der Waals surface area (Å²) >= 11 is 0. The van der Waals surface area contributed by atoms with Gasteiger partial charge in [0.15, 0.2) is 0 Å². The van der Waals surface area contributed by atoms with Gasteiger partial charge in [-0.05, 0) is 50.4 Å². The summed E-state index contributed by atoms with van der Waals surface area (Å²) in [6.45, 7) is 2.82. The minimum atomic E-state index is -0.405. The van der Waals surface area contributed by atoms with Crippen LogP contribution < -0.4 is 15.4 Å². The largest absolute Gasteiger partial charge is 0.489 e. The molecule has 0 aromatic heterocycles. The SMILES string of the molecule is COCCOc1ccc(F)cc1NC(=O)CCC1CCNCC1. The second kappa shape index (κ2) is 9.47. The summed E-state index contributed by atoms with van der Waals surface area (Å²) in [5, 5.41) is 6.07. The minimum Gasteiger partial charge on any atom is -0.489 e. The average molecular weight is 324 g/mol. The van der Waals surface area contributed by atoms with Gasteiger partial charge in [0, 0.05) is 19.6 Å². The van der Waals surface area contributed by atoms with Crippen LogP contribution in [0.3, 0.4) is 0 Å². The molecule has 128 valence electrons. The van der Waals surface area contributed by atoms with Gasteiger partial charge < -0.3 is 20.1 Å². The first-order chi connectivity index (χ1) is 11.2. The molecule has 6 heteroatoms. The maximum atomic E-state index is 13.4. The van der Waals surface area contributed by atoms with E-state index in [1.165, 1.54) is 18.2 Å². The van der Waals surface area contributed by atoms with Crippen LogP contribution in [0, 0.1) is 11.7 Å². The van der Waals surface area contributed by atoms with Gasteiger partial charge in [0.2, 0.25) is 5.91 Å². The Kier molecular flexibility index (Phi) is 7.29. The van der Waals surface area contributed by atoms with E-state index in [1.54, 1.807) is 7.11 Å². The highest BCUT2D eigenvalue weighted by Gasteiger charge is 2.15. The van der Waals surface area contributed by atoms with Crippen molar-refractivity contribution in [2.24, 2.45) is 5.92 Å². The van der Waals surface area contributed by atoms with Crippen molar-refractivity contribution in [2.45, 2.75) is 25.7 Å². The second-order valence-electron chi connectivity index (χ2n) is 5.76. The Morgan fingerprint density at radius 1 is 1.35 bits per heavy atom. The molecule has 1 aromatic carbocycles. The average Bonchev–Trinajstić information content (AvgIpc) is 2.56. The van der Waals surface area contributed by atoms with Gasteiger partial charge in [-0.1, -0.05) is 0 Å². The summed E-state index contributed by atoms with van der Waals surface area (Å²) in [6.07, 6.45) is 3.53. The maximum absolute atomic E-state index is 13.4. The number of benzene rings is 1. The minimum absolute atomic E-state index is 0.106. The third kappa shape index (κ3) is 6.15. The molecule has 0 atom stereocenters. The van der Waals surface area contributed by atoms with Crippen LogP contribution in [0.1, 0.15) is 25.7 Å². The van der Waals surface area contributed by atoms with Gasteiger partial charge in [-0.25, -0.2) is 4.39 Å². The van der Waals surface area contributed by atoms with Gasteiger partial charge in [-0.2, -0.15) is 0 Å². The maximum Gasteiger partial charge on any atom is 0.224 e. The predicted molar refractivity (Wildman–Crippen MR) is 87.2 cm³/mol. The van der Waals surface area contributed by atoms with E-state index in [-0.39, 0.29) is 5.91 Å². The van der Waals surface area contributed by atoms with Crippen molar-refractivity contribution in [3.8, 4) is 5.75 Å². The molecule has 1 heterocycles. The molecular weight excluding hydrogens is 299 g/mol. The van der Waals surface area contributed by atoms with Crippen molar-refractivity contribution in [2.75, 3.05) is 38.7 Å². The molecule has 1 amide bonds. The van der Waals surface area contributed by atoms with Crippen molar-refractivity contribution in [3.63, 3.8) is 0 Å². The Labute approximate surface area is 136 Å². The quantitative estimate of drug-likeness (QED) is 0.722. The van der Waals surface area contributed by atoms with E-state index in [0.717, 1.165) is 32.4 Å². The van der Waals surface area contributed by atoms with E-state index in [2.05, 4.69) is 10.6 Å². The van der Waals surface area contributed by atoms with E-state index >= 15 is 0 Å². The number of piperidine rings is 1. The zero-order valence-electron chi connectivity index (χ0n) is 13.6. The van der Waals surface area contributed by atoms with E-state index in [1.807, 2.05) is 0 Å².